The van der Waals surface area contributed by atoms with Gasteiger partial charge in [0.15, 0.2) is 0 Å². The molecule has 0 aliphatic heterocycles. The maximum absolute atomic E-state index is 9.19. The second kappa shape index (κ2) is 4.03. The molecular formula is C12H16ClNO. The predicted octanol–water partition coefficient (Wildman–Crippen LogP) is 2.83. The van der Waals surface area contributed by atoms with Crippen LogP contribution in [-0.2, 0) is 0 Å². The van der Waals surface area contributed by atoms with Crippen LogP contribution < -0.4 is 5.32 Å². The SMILES string of the molecule is Cc1cc(Cl)ccc1NCC1(CO)CC1. The van der Waals surface area contributed by atoms with Crippen molar-refractivity contribution in [2.75, 3.05) is 18.5 Å². The van der Waals surface area contributed by atoms with Crippen LogP contribution in [0.4, 0.5) is 5.69 Å². The minimum atomic E-state index is 0.145. The number of aliphatic hydroxyl groups is 1. The normalized spacial score (nSPS) is 17.5. The Hall–Kier alpha value is -0.730. The summed E-state index contributed by atoms with van der Waals surface area (Å²) in [4.78, 5) is 0. The molecule has 0 radical (unpaired) electrons. The topological polar surface area (TPSA) is 32.3 Å². The molecule has 3 heteroatoms. The standard InChI is InChI=1S/C12H16ClNO/c1-9-6-10(13)2-3-11(9)14-7-12(8-15)4-5-12/h2-3,6,14-15H,4-5,7-8H2,1H3. The first-order valence-corrected chi connectivity index (χ1v) is 5.64. The van der Waals surface area contributed by atoms with Gasteiger partial charge in [-0.25, -0.2) is 0 Å². The van der Waals surface area contributed by atoms with E-state index in [0.717, 1.165) is 35.7 Å². The van der Waals surface area contributed by atoms with Gasteiger partial charge in [0, 0.05) is 22.7 Å². The first-order chi connectivity index (χ1) is 7.15. The van der Waals surface area contributed by atoms with Crippen LogP contribution in [-0.4, -0.2) is 18.3 Å². The molecule has 1 saturated carbocycles. The van der Waals surface area contributed by atoms with E-state index in [-0.39, 0.29) is 12.0 Å². The second-order valence-corrected chi connectivity index (χ2v) is 4.91. The molecule has 0 amide bonds. The summed E-state index contributed by atoms with van der Waals surface area (Å²) in [5.41, 5.74) is 2.40. The third kappa shape index (κ3) is 2.44. The van der Waals surface area contributed by atoms with Gasteiger partial charge in [-0.2, -0.15) is 0 Å². The fraction of sp³-hybridized carbons (Fsp3) is 0.500. The van der Waals surface area contributed by atoms with E-state index < -0.39 is 0 Å². The third-order valence-electron chi connectivity index (χ3n) is 3.13. The number of benzene rings is 1. The van der Waals surface area contributed by atoms with Gasteiger partial charge in [0.25, 0.3) is 0 Å². The molecule has 1 fully saturated rings. The highest BCUT2D eigenvalue weighted by Crippen LogP contribution is 2.45. The Morgan fingerprint density at radius 3 is 2.73 bits per heavy atom. The number of nitrogens with one attached hydrogen (secondary N) is 1. The molecule has 1 aliphatic rings. The number of aliphatic hydroxyl groups excluding tert-OH is 1. The number of hydrogen-bond donors (Lipinski definition) is 2. The summed E-state index contributed by atoms with van der Waals surface area (Å²) in [6.45, 7) is 3.17. The highest BCUT2D eigenvalue weighted by Gasteiger charge is 2.41. The number of hydrogen-bond acceptors (Lipinski definition) is 2. The van der Waals surface area contributed by atoms with E-state index in [1.54, 1.807) is 0 Å². The first kappa shape index (κ1) is 10.8. The summed E-state index contributed by atoms with van der Waals surface area (Å²) in [6.07, 6.45) is 2.26. The van der Waals surface area contributed by atoms with Crippen molar-refractivity contribution >= 4 is 17.3 Å². The molecule has 2 rings (SSSR count). The molecule has 0 bridgehead atoms. The van der Waals surface area contributed by atoms with Gasteiger partial charge in [-0.15, -0.1) is 0 Å². The van der Waals surface area contributed by atoms with Crippen molar-refractivity contribution in [1.82, 2.24) is 0 Å². The second-order valence-electron chi connectivity index (χ2n) is 4.47. The summed E-state index contributed by atoms with van der Waals surface area (Å²) in [7, 11) is 0. The summed E-state index contributed by atoms with van der Waals surface area (Å²) in [5.74, 6) is 0. The Bertz CT molecular complexity index is 361. The van der Waals surface area contributed by atoms with Crippen molar-refractivity contribution < 1.29 is 5.11 Å². The molecular weight excluding hydrogens is 210 g/mol. The Labute approximate surface area is 95.3 Å². The van der Waals surface area contributed by atoms with Gasteiger partial charge >= 0.3 is 0 Å². The van der Waals surface area contributed by atoms with Crippen molar-refractivity contribution in [3.8, 4) is 0 Å². The van der Waals surface area contributed by atoms with Crippen molar-refractivity contribution in [2.45, 2.75) is 19.8 Å². The van der Waals surface area contributed by atoms with E-state index in [9.17, 15) is 5.11 Å². The van der Waals surface area contributed by atoms with Gasteiger partial charge in [-0.05, 0) is 43.5 Å². The van der Waals surface area contributed by atoms with Crippen LogP contribution >= 0.6 is 11.6 Å². The lowest BCUT2D eigenvalue weighted by Crippen LogP contribution is -2.19. The average molecular weight is 226 g/mol. The van der Waals surface area contributed by atoms with Gasteiger partial charge in [0.1, 0.15) is 0 Å². The molecule has 1 aromatic carbocycles. The van der Waals surface area contributed by atoms with Crippen LogP contribution in [0.2, 0.25) is 5.02 Å². The van der Waals surface area contributed by atoms with Crippen LogP contribution in [0.3, 0.4) is 0 Å². The zero-order valence-electron chi connectivity index (χ0n) is 8.89. The molecule has 1 aromatic rings. The molecule has 1 aliphatic carbocycles. The number of anilines is 1. The first-order valence-electron chi connectivity index (χ1n) is 5.26. The van der Waals surface area contributed by atoms with Crippen LogP contribution in [0.25, 0.3) is 0 Å². The van der Waals surface area contributed by atoms with Gasteiger partial charge < -0.3 is 10.4 Å². The predicted molar refractivity (Wildman–Crippen MR) is 63.4 cm³/mol. The maximum Gasteiger partial charge on any atom is 0.0504 e. The molecule has 0 heterocycles. The van der Waals surface area contributed by atoms with Gasteiger partial charge in [0.05, 0.1) is 6.61 Å². The van der Waals surface area contributed by atoms with Gasteiger partial charge in [0.2, 0.25) is 0 Å². The van der Waals surface area contributed by atoms with E-state index in [0.29, 0.717) is 0 Å². The Morgan fingerprint density at radius 1 is 1.47 bits per heavy atom. The van der Waals surface area contributed by atoms with E-state index in [4.69, 9.17) is 11.6 Å². The monoisotopic (exact) mass is 225 g/mol. The van der Waals surface area contributed by atoms with Crippen molar-refractivity contribution in [3.05, 3.63) is 28.8 Å². The average Bonchev–Trinajstić information content (AvgIpc) is 2.97. The highest BCUT2D eigenvalue weighted by atomic mass is 35.5. The van der Waals surface area contributed by atoms with Crippen LogP contribution in [0.15, 0.2) is 18.2 Å². The summed E-state index contributed by atoms with van der Waals surface area (Å²) < 4.78 is 0. The lowest BCUT2D eigenvalue weighted by atomic mass is 10.1. The summed E-state index contributed by atoms with van der Waals surface area (Å²) >= 11 is 5.88. The maximum atomic E-state index is 9.19. The molecule has 0 atom stereocenters. The van der Waals surface area contributed by atoms with Crippen LogP contribution in [0, 0.1) is 12.3 Å². The van der Waals surface area contributed by atoms with E-state index in [1.807, 2.05) is 25.1 Å². The minimum absolute atomic E-state index is 0.145. The molecule has 2 nitrogen and oxygen atoms in total. The van der Waals surface area contributed by atoms with Gasteiger partial charge in [-0.1, -0.05) is 11.6 Å². The molecule has 2 N–H and O–H groups in total. The van der Waals surface area contributed by atoms with E-state index in [2.05, 4.69) is 5.32 Å². The molecule has 0 unspecified atom stereocenters. The third-order valence-corrected chi connectivity index (χ3v) is 3.37. The largest absolute Gasteiger partial charge is 0.396 e. The lowest BCUT2D eigenvalue weighted by Gasteiger charge is -2.15. The van der Waals surface area contributed by atoms with Crippen molar-refractivity contribution in [2.24, 2.45) is 5.41 Å². The fourth-order valence-corrected chi connectivity index (χ4v) is 1.90. The molecule has 15 heavy (non-hydrogen) atoms. The smallest absolute Gasteiger partial charge is 0.0504 e. The van der Waals surface area contributed by atoms with Gasteiger partial charge in [-0.3, -0.25) is 0 Å². The number of rotatable bonds is 4. The van der Waals surface area contributed by atoms with Crippen LogP contribution in [0.1, 0.15) is 18.4 Å². The zero-order chi connectivity index (χ0) is 10.9. The minimum Gasteiger partial charge on any atom is -0.396 e. The van der Waals surface area contributed by atoms with E-state index in [1.165, 1.54) is 0 Å². The lowest BCUT2D eigenvalue weighted by molar-refractivity contribution is 0.220. The quantitative estimate of drug-likeness (QED) is 0.826. The fourth-order valence-electron chi connectivity index (χ4n) is 1.68. The zero-order valence-corrected chi connectivity index (χ0v) is 9.64. The highest BCUT2D eigenvalue weighted by molar-refractivity contribution is 6.30. The number of halogens is 1. The molecule has 0 aromatic heterocycles. The molecule has 0 spiro atoms. The van der Waals surface area contributed by atoms with E-state index >= 15 is 0 Å². The Morgan fingerprint density at radius 2 is 2.20 bits per heavy atom. The van der Waals surface area contributed by atoms with Crippen molar-refractivity contribution in [3.63, 3.8) is 0 Å². The van der Waals surface area contributed by atoms with Crippen molar-refractivity contribution in [1.29, 1.82) is 0 Å². The molecule has 0 saturated heterocycles. The van der Waals surface area contributed by atoms with Crippen LogP contribution in [0.5, 0.6) is 0 Å². The summed E-state index contributed by atoms with van der Waals surface area (Å²) in [6, 6.07) is 5.82. The molecule has 82 valence electrons. The Kier molecular flexibility index (Phi) is 2.89. The Balaban J connectivity index is 1.99. The summed E-state index contributed by atoms with van der Waals surface area (Å²) in [5, 5.41) is 13.3. The number of aryl methyl sites for hydroxylation is 1.